The van der Waals surface area contributed by atoms with Gasteiger partial charge in [0.15, 0.2) is 5.12 Å². The summed E-state index contributed by atoms with van der Waals surface area (Å²) in [7, 11) is 1.65. The molecule has 0 aromatic heterocycles. The van der Waals surface area contributed by atoms with Crippen molar-refractivity contribution in [2.24, 2.45) is 0 Å². The normalized spacial score (nSPS) is 11.8. The van der Waals surface area contributed by atoms with Crippen molar-refractivity contribution in [1.29, 1.82) is 0 Å². The smallest absolute Gasteiger partial charge is 0.196 e. The molecule has 0 amide bonds. The summed E-state index contributed by atoms with van der Waals surface area (Å²) in [6.07, 6.45) is 1.82. The highest BCUT2D eigenvalue weighted by Gasteiger charge is 2.16. The lowest BCUT2D eigenvalue weighted by Gasteiger charge is -2.18. The number of methoxy groups -OCH3 is 1. The van der Waals surface area contributed by atoms with Crippen LogP contribution in [0.2, 0.25) is 0 Å². The van der Waals surface area contributed by atoms with Crippen LogP contribution in [0.5, 0.6) is 5.75 Å². The fourth-order valence-electron chi connectivity index (χ4n) is 3.32. The van der Waals surface area contributed by atoms with E-state index in [-0.39, 0.29) is 11.2 Å². The summed E-state index contributed by atoms with van der Waals surface area (Å²) >= 11 is 1.28. The lowest BCUT2D eigenvalue weighted by Crippen LogP contribution is -2.17. The van der Waals surface area contributed by atoms with Crippen molar-refractivity contribution < 1.29 is 19.0 Å². The van der Waals surface area contributed by atoms with Crippen LogP contribution in [0.25, 0.3) is 0 Å². The maximum absolute atomic E-state index is 12.7. The number of hydrogen-bond donors (Lipinski definition) is 0. The number of carbonyl (C=O) groups excluding carboxylic acids is 1. The summed E-state index contributed by atoms with van der Waals surface area (Å²) < 4.78 is 17.2. The van der Waals surface area contributed by atoms with Gasteiger partial charge in [0, 0.05) is 17.9 Å². The van der Waals surface area contributed by atoms with E-state index >= 15 is 0 Å². The first kappa shape index (κ1) is 25.0. The molecule has 0 aliphatic carbocycles. The first-order valence-corrected chi connectivity index (χ1v) is 12.1. The zero-order valence-corrected chi connectivity index (χ0v) is 20.2. The largest absolute Gasteiger partial charge is 0.497 e. The van der Waals surface area contributed by atoms with Crippen molar-refractivity contribution >= 4 is 16.9 Å². The molecule has 3 rings (SSSR count). The zero-order chi connectivity index (χ0) is 23.3. The van der Waals surface area contributed by atoms with Crippen LogP contribution in [0.15, 0.2) is 83.8 Å². The maximum atomic E-state index is 12.7. The predicted molar refractivity (Wildman–Crippen MR) is 134 cm³/mol. The van der Waals surface area contributed by atoms with E-state index < -0.39 is 0 Å². The van der Waals surface area contributed by atoms with Crippen molar-refractivity contribution in [1.82, 2.24) is 0 Å². The Morgan fingerprint density at radius 2 is 1.58 bits per heavy atom. The number of hydrogen-bond acceptors (Lipinski definition) is 5. The van der Waals surface area contributed by atoms with Gasteiger partial charge >= 0.3 is 0 Å². The fraction of sp³-hybridized carbons (Fsp3) is 0.321. The van der Waals surface area contributed by atoms with Crippen LogP contribution in [0.4, 0.5) is 0 Å². The van der Waals surface area contributed by atoms with E-state index in [0.717, 1.165) is 34.6 Å². The second-order valence-electron chi connectivity index (χ2n) is 7.95. The fourth-order valence-corrected chi connectivity index (χ4v) is 4.13. The van der Waals surface area contributed by atoms with Crippen LogP contribution >= 0.6 is 11.8 Å². The summed E-state index contributed by atoms with van der Waals surface area (Å²) in [6, 6.07) is 26.0. The highest BCUT2D eigenvalue weighted by atomic mass is 32.2. The minimum Gasteiger partial charge on any atom is -0.497 e. The van der Waals surface area contributed by atoms with Gasteiger partial charge in [-0.3, -0.25) is 4.79 Å². The van der Waals surface area contributed by atoms with E-state index in [1.54, 1.807) is 7.11 Å². The molecule has 0 radical (unpaired) electrons. The average Bonchev–Trinajstić information content (AvgIpc) is 2.84. The molecule has 0 bridgehead atoms. The minimum atomic E-state index is -0.155. The molecule has 0 aliphatic heterocycles. The van der Waals surface area contributed by atoms with Gasteiger partial charge in [0.1, 0.15) is 5.75 Å². The molecule has 0 N–H and O–H groups in total. The maximum Gasteiger partial charge on any atom is 0.196 e. The van der Waals surface area contributed by atoms with Crippen LogP contribution in [0, 0.1) is 6.92 Å². The van der Waals surface area contributed by atoms with Gasteiger partial charge in [-0.15, -0.1) is 0 Å². The van der Waals surface area contributed by atoms with Crippen molar-refractivity contribution in [2.45, 2.75) is 50.4 Å². The zero-order valence-electron chi connectivity index (χ0n) is 19.4. The predicted octanol–water partition coefficient (Wildman–Crippen LogP) is 6.59. The second-order valence-corrected chi connectivity index (χ2v) is 9.08. The Morgan fingerprint density at radius 1 is 0.879 bits per heavy atom. The molecule has 0 aliphatic rings. The van der Waals surface area contributed by atoms with Crippen molar-refractivity contribution in [2.75, 3.05) is 13.7 Å². The second kappa shape index (κ2) is 13.8. The number of benzene rings is 3. The summed E-state index contributed by atoms with van der Waals surface area (Å²) in [6.45, 7) is 3.73. The Hall–Kier alpha value is -2.60. The van der Waals surface area contributed by atoms with Gasteiger partial charge in [-0.25, -0.2) is 0 Å². The van der Waals surface area contributed by atoms with Gasteiger partial charge < -0.3 is 14.2 Å². The molecule has 1 atom stereocenters. The summed E-state index contributed by atoms with van der Waals surface area (Å²) in [4.78, 5) is 13.7. The Balaban J connectivity index is 1.49. The summed E-state index contributed by atoms with van der Waals surface area (Å²) in [5.41, 5.74) is 3.40. The van der Waals surface area contributed by atoms with E-state index in [0.29, 0.717) is 26.2 Å². The molecule has 4 nitrogen and oxygen atoms in total. The summed E-state index contributed by atoms with van der Waals surface area (Å²) in [5.74, 6) is 0.815. The SMILES string of the molecule is COc1ccc(CO[C@H](CCCOCc2ccccc2)CC(=O)Sc2ccc(C)cc2)cc1. The number of carbonyl (C=O) groups is 1. The van der Waals surface area contributed by atoms with Crippen molar-refractivity contribution in [3.63, 3.8) is 0 Å². The molecule has 0 saturated carbocycles. The third-order valence-electron chi connectivity index (χ3n) is 5.22. The van der Waals surface area contributed by atoms with Gasteiger partial charge in [0.05, 0.1) is 26.4 Å². The van der Waals surface area contributed by atoms with Gasteiger partial charge in [0.25, 0.3) is 0 Å². The monoisotopic (exact) mass is 464 g/mol. The standard InChI is InChI=1S/C28H32O4S/c1-22-10-16-27(17-11-22)33-28(29)19-26(32-21-24-12-14-25(30-2)15-13-24)9-6-18-31-20-23-7-4-3-5-8-23/h3-5,7-8,10-17,26H,6,9,18-21H2,1-2H3/t26-/m1/s1. The Kier molecular flexibility index (Phi) is 10.5. The Labute approximate surface area is 201 Å². The molecule has 5 heteroatoms. The van der Waals surface area contributed by atoms with Gasteiger partial charge in [-0.05, 0) is 55.2 Å². The molecular formula is C28H32O4S. The minimum absolute atomic E-state index is 0.115. The number of ether oxygens (including phenoxy) is 3. The molecular weight excluding hydrogens is 432 g/mol. The highest BCUT2D eigenvalue weighted by Crippen LogP contribution is 2.24. The van der Waals surface area contributed by atoms with Gasteiger partial charge in [-0.2, -0.15) is 0 Å². The van der Waals surface area contributed by atoms with Crippen LogP contribution in [0.3, 0.4) is 0 Å². The lowest BCUT2D eigenvalue weighted by molar-refractivity contribution is -0.114. The van der Waals surface area contributed by atoms with Gasteiger partial charge in [-0.1, -0.05) is 71.9 Å². The number of aryl methyl sites for hydroxylation is 1. The molecule has 0 heterocycles. The third kappa shape index (κ3) is 9.42. The Morgan fingerprint density at radius 3 is 2.27 bits per heavy atom. The average molecular weight is 465 g/mol. The van der Waals surface area contributed by atoms with E-state index in [4.69, 9.17) is 14.2 Å². The van der Waals surface area contributed by atoms with E-state index in [9.17, 15) is 4.79 Å². The van der Waals surface area contributed by atoms with Crippen molar-refractivity contribution in [3.05, 3.63) is 95.6 Å². The van der Waals surface area contributed by atoms with Crippen LogP contribution in [-0.2, 0) is 27.5 Å². The number of rotatable bonds is 13. The third-order valence-corrected chi connectivity index (χ3v) is 6.12. The van der Waals surface area contributed by atoms with E-state index in [2.05, 4.69) is 12.1 Å². The van der Waals surface area contributed by atoms with Crippen LogP contribution < -0.4 is 4.74 Å². The quantitative estimate of drug-likeness (QED) is 0.211. The Bertz CT molecular complexity index is 955. The molecule has 0 spiro atoms. The topological polar surface area (TPSA) is 44.8 Å². The van der Waals surface area contributed by atoms with Crippen LogP contribution in [0.1, 0.15) is 36.0 Å². The number of thioether (sulfide) groups is 1. The van der Waals surface area contributed by atoms with E-state index in [1.807, 2.05) is 73.7 Å². The first-order chi connectivity index (χ1) is 16.1. The summed E-state index contributed by atoms with van der Waals surface area (Å²) in [5, 5.41) is 0.115. The molecule has 3 aromatic rings. The molecule has 174 valence electrons. The first-order valence-electron chi connectivity index (χ1n) is 11.3. The van der Waals surface area contributed by atoms with E-state index in [1.165, 1.54) is 17.3 Å². The highest BCUT2D eigenvalue weighted by molar-refractivity contribution is 8.13. The molecule has 33 heavy (non-hydrogen) atoms. The van der Waals surface area contributed by atoms with Crippen LogP contribution in [-0.4, -0.2) is 24.9 Å². The molecule has 0 fully saturated rings. The lowest BCUT2D eigenvalue weighted by atomic mass is 10.1. The molecule has 3 aromatic carbocycles. The molecule has 0 saturated heterocycles. The van der Waals surface area contributed by atoms with Crippen molar-refractivity contribution in [3.8, 4) is 5.75 Å². The van der Waals surface area contributed by atoms with Gasteiger partial charge in [0.2, 0.25) is 0 Å². The molecule has 0 unspecified atom stereocenters.